The highest BCUT2D eigenvalue weighted by molar-refractivity contribution is 6.32. The van der Waals surface area contributed by atoms with Gasteiger partial charge in [0.05, 0.1) is 31.9 Å². The molecular formula is C15H22Cl2N2O5. The molecule has 9 heteroatoms. The Morgan fingerprint density at radius 2 is 1.75 bits per heavy atom. The molecule has 1 atom stereocenters. The quantitative estimate of drug-likeness (QED) is 0.652. The van der Waals surface area contributed by atoms with Gasteiger partial charge in [-0.3, -0.25) is 4.90 Å². The summed E-state index contributed by atoms with van der Waals surface area (Å²) in [6, 6.07) is 1.92. The van der Waals surface area contributed by atoms with Crippen LogP contribution in [0, 0.1) is 0 Å². The number of carbonyl (C=O) groups excluding carboxylic acids is 1. The SMILES string of the molecule is CC(C)(C)OC(=O)N(CC(O)c1cc(Cl)nc(Cl)c1)C(CO)CO. The van der Waals surface area contributed by atoms with E-state index in [4.69, 9.17) is 27.9 Å². The van der Waals surface area contributed by atoms with E-state index in [1.165, 1.54) is 12.1 Å². The highest BCUT2D eigenvalue weighted by atomic mass is 35.5. The summed E-state index contributed by atoms with van der Waals surface area (Å²) in [5.74, 6) is 0. The maximum Gasteiger partial charge on any atom is 0.410 e. The van der Waals surface area contributed by atoms with Crippen molar-refractivity contribution in [2.45, 2.75) is 38.5 Å². The molecule has 0 saturated carbocycles. The zero-order valence-electron chi connectivity index (χ0n) is 13.7. The van der Waals surface area contributed by atoms with Gasteiger partial charge in [-0.15, -0.1) is 0 Å². The fourth-order valence-electron chi connectivity index (χ4n) is 1.92. The summed E-state index contributed by atoms with van der Waals surface area (Å²) in [6.45, 7) is 3.87. The molecule has 0 fully saturated rings. The Morgan fingerprint density at radius 1 is 1.25 bits per heavy atom. The molecule has 1 unspecified atom stereocenters. The second-order valence-electron chi connectivity index (χ2n) is 6.21. The third-order valence-corrected chi connectivity index (χ3v) is 3.42. The third-order valence-electron chi connectivity index (χ3n) is 3.03. The second kappa shape index (κ2) is 8.82. The summed E-state index contributed by atoms with van der Waals surface area (Å²) in [7, 11) is 0. The van der Waals surface area contributed by atoms with Crippen molar-refractivity contribution in [3.63, 3.8) is 0 Å². The van der Waals surface area contributed by atoms with E-state index in [-0.39, 0.29) is 16.9 Å². The van der Waals surface area contributed by atoms with Gasteiger partial charge in [0.25, 0.3) is 0 Å². The van der Waals surface area contributed by atoms with E-state index >= 15 is 0 Å². The molecule has 0 aliphatic heterocycles. The Labute approximate surface area is 150 Å². The van der Waals surface area contributed by atoms with Gasteiger partial charge in [0, 0.05) is 0 Å². The van der Waals surface area contributed by atoms with E-state index < -0.39 is 37.1 Å². The Hall–Kier alpha value is -1.12. The number of halogens is 2. The van der Waals surface area contributed by atoms with E-state index in [2.05, 4.69) is 4.98 Å². The Kier molecular flexibility index (Phi) is 7.69. The predicted octanol–water partition coefficient (Wildman–Crippen LogP) is 2.01. The molecule has 1 heterocycles. The minimum atomic E-state index is -1.16. The number of aliphatic hydroxyl groups excluding tert-OH is 3. The van der Waals surface area contributed by atoms with Crippen molar-refractivity contribution >= 4 is 29.3 Å². The van der Waals surface area contributed by atoms with Crippen LogP contribution in [-0.4, -0.2) is 62.7 Å². The van der Waals surface area contributed by atoms with E-state index in [9.17, 15) is 20.1 Å². The van der Waals surface area contributed by atoms with E-state index in [1.54, 1.807) is 20.8 Å². The van der Waals surface area contributed by atoms with Crippen LogP contribution < -0.4 is 0 Å². The van der Waals surface area contributed by atoms with Gasteiger partial charge in [0.1, 0.15) is 15.9 Å². The Morgan fingerprint density at radius 3 is 2.17 bits per heavy atom. The predicted molar refractivity (Wildman–Crippen MR) is 90.1 cm³/mol. The van der Waals surface area contributed by atoms with E-state index in [1.807, 2.05) is 0 Å². The fourth-order valence-corrected chi connectivity index (χ4v) is 2.39. The highest BCUT2D eigenvalue weighted by Crippen LogP contribution is 2.23. The number of aliphatic hydroxyl groups is 3. The highest BCUT2D eigenvalue weighted by Gasteiger charge is 2.30. The summed E-state index contributed by atoms with van der Waals surface area (Å²) >= 11 is 11.6. The first-order chi connectivity index (χ1) is 11.1. The summed E-state index contributed by atoms with van der Waals surface area (Å²) in [5, 5.41) is 29.3. The van der Waals surface area contributed by atoms with Gasteiger partial charge in [0.15, 0.2) is 0 Å². The van der Waals surface area contributed by atoms with Crippen LogP contribution in [0.15, 0.2) is 12.1 Å². The van der Waals surface area contributed by atoms with Crippen molar-refractivity contribution in [1.82, 2.24) is 9.88 Å². The summed E-state index contributed by atoms with van der Waals surface area (Å²) in [5.41, 5.74) is -0.415. The molecule has 0 aliphatic rings. The Bertz CT molecular complexity index is 541. The van der Waals surface area contributed by atoms with E-state index in [0.717, 1.165) is 4.90 Å². The molecule has 0 bridgehead atoms. The standard InChI is InChI=1S/C15H22Cl2N2O5/c1-15(2,3)24-14(23)19(10(7-20)8-21)6-11(22)9-4-12(16)18-13(17)5-9/h4-5,10-11,20-22H,6-8H2,1-3H3. The molecule has 0 saturated heterocycles. The number of amides is 1. The van der Waals surface area contributed by atoms with Crippen molar-refractivity contribution in [2.24, 2.45) is 0 Å². The zero-order chi connectivity index (χ0) is 18.5. The minimum absolute atomic E-state index is 0.0984. The summed E-state index contributed by atoms with van der Waals surface area (Å²) < 4.78 is 5.26. The smallest absolute Gasteiger partial charge is 0.410 e. The van der Waals surface area contributed by atoms with Crippen molar-refractivity contribution < 1.29 is 24.9 Å². The van der Waals surface area contributed by atoms with Gasteiger partial charge in [-0.05, 0) is 38.5 Å². The van der Waals surface area contributed by atoms with Gasteiger partial charge in [-0.1, -0.05) is 23.2 Å². The van der Waals surface area contributed by atoms with Crippen molar-refractivity contribution in [2.75, 3.05) is 19.8 Å². The van der Waals surface area contributed by atoms with Crippen LogP contribution in [0.2, 0.25) is 10.3 Å². The van der Waals surface area contributed by atoms with Crippen molar-refractivity contribution in [1.29, 1.82) is 0 Å². The monoisotopic (exact) mass is 380 g/mol. The number of rotatable bonds is 6. The molecule has 1 aromatic rings. The number of carbonyl (C=O) groups is 1. The number of nitrogens with zero attached hydrogens (tertiary/aromatic N) is 2. The number of aromatic nitrogens is 1. The molecule has 0 aromatic carbocycles. The molecule has 1 amide bonds. The number of hydrogen-bond donors (Lipinski definition) is 3. The lowest BCUT2D eigenvalue weighted by Crippen LogP contribution is -2.48. The third kappa shape index (κ3) is 6.41. The molecule has 7 nitrogen and oxygen atoms in total. The first-order valence-corrected chi connectivity index (χ1v) is 8.05. The molecule has 136 valence electrons. The lowest BCUT2D eigenvalue weighted by Gasteiger charge is -2.33. The lowest BCUT2D eigenvalue weighted by molar-refractivity contribution is -0.0130. The topological polar surface area (TPSA) is 103 Å². The maximum atomic E-state index is 12.3. The maximum absolute atomic E-state index is 12.3. The van der Waals surface area contributed by atoms with Crippen molar-refractivity contribution in [3.8, 4) is 0 Å². The molecule has 0 spiro atoms. The van der Waals surface area contributed by atoms with Gasteiger partial charge in [-0.25, -0.2) is 9.78 Å². The molecule has 0 radical (unpaired) electrons. The van der Waals surface area contributed by atoms with Crippen LogP contribution in [0.3, 0.4) is 0 Å². The largest absolute Gasteiger partial charge is 0.444 e. The second-order valence-corrected chi connectivity index (χ2v) is 6.99. The average Bonchev–Trinajstić information content (AvgIpc) is 2.44. The first-order valence-electron chi connectivity index (χ1n) is 7.29. The van der Waals surface area contributed by atoms with Gasteiger partial charge in [0.2, 0.25) is 0 Å². The van der Waals surface area contributed by atoms with Crippen molar-refractivity contribution in [3.05, 3.63) is 28.0 Å². The molecular weight excluding hydrogens is 359 g/mol. The number of hydrogen-bond acceptors (Lipinski definition) is 6. The molecule has 1 aromatic heterocycles. The first kappa shape index (κ1) is 20.9. The van der Waals surface area contributed by atoms with Crippen LogP contribution in [0.4, 0.5) is 4.79 Å². The molecule has 0 aliphatic carbocycles. The average molecular weight is 381 g/mol. The lowest BCUT2D eigenvalue weighted by atomic mass is 10.1. The molecule has 3 N–H and O–H groups in total. The van der Waals surface area contributed by atoms with Gasteiger partial charge < -0.3 is 20.1 Å². The van der Waals surface area contributed by atoms with Crippen LogP contribution in [0.25, 0.3) is 0 Å². The fraction of sp³-hybridized carbons (Fsp3) is 0.600. The van der Waals surface area contributed by atoms with Crippen LogP contribution in [0.1, 0.15) is 32.4 Å². The number of ether oxygens (including phenoxy) is 1. The normalized spacial score (nSPS) is 13.0. The molecule has 24 heavy (non-hydrogen) atoms. The zero-order valence-corrected chi connectivity index (χ0v) is 15.3. The summed E-state index contributed by atoms with van der Waals surface area (Å²) in [6.07, 6.45) is -1.92. The van der Waals surface area contributed by atoms with Crippen LogP contribution >= 0.6 is 23.2 Å². The Balaban J connectivity index is 3.00. The van der Waals surface area contributed by atoms with E-state index in [0.29, 0.717) is 5.56 Å². The number of pyridine rings is 1. The summed E-state index contributed by atoms with van der Waals surface area (Å²) in [4.78, 5) is 17.2. The van der Waals surface area contributed by atoms with Crippen LogP contribution in [0.5, 0.6) is 0 Å². The van der Waals surface area contributed by atoms with Gasteiger partial charge in [-0.2, -0.15) is 0 Å². The van der Waals surface area contributed by atoms with Crippen LogP contribution in [-0.2, 0) is 4.74 Å². The van der Waals surface area contributed by atoms with Gasteiger partial charge >= 0.3 is 6.09 Å². The molecule has 1 rings (SSSR count). The minimum Gasteiger partial charge on any atom is -0.444 e.